The van der Waals surface area contributed by atoms with Gasteiger partial charge in [0.05, 0.1) is 0 Å². The molecular formula is C11H6F6S2. The molecule has 0 fully saturated rings. The number of fused-ring (bicyclic) bond motifs is 1. The summed E-state index contributed by atoms with van der Waals surface area (Å²) < 4.78 is 74.1. The quantitative estimate of drug-likeness (QED) is 0.506. The van der Waals surface area contributed by atoms with Gasteiger partial charge in [0.1, 0.15) is 5.25 Å². The number of thioether (sulfide) groups is 2. The first-order chi connectivity index (χ1) is 8.65. The fourth-order valence-electron chi connectivity index (χ4n) is 1.50. The molecule has 0 bridgehead atoms. The summed E-state index contributed by atoms with van der Waals surface area (Å²) in [4.78, 5) is 0.290. The van der Waals surface area contributed by atoms with Crippen molar-refractivity contribution >= 4 is 29.6 Å². The Balaban J connectivity index is 2.22. The summed E-state index contributed by atoms with van der Waals surface area (Å²) in [5.74, 6) is 0. The van der Waals surface area contributed by atoms with Crippen molar-refractivity contribution in [2.75, 3.05) is 0 Å². The number of hydrogen-bond acceptors (Lipinski definition) is 2. The molecule has 104 valence electrons. The Kier molecular flexibility index (Phi) is 3.83. The third kappa shape index (κ3) is 3.85. The average Bonchev–Trinajstić information content (AvgIpc) is 2.24. The van der Waals surface area contributed by atoms with Gasteiger partial charge in [0.15, 0.2) is 0 Å². The van der Waals surface area contributed by atoms with Gasteiger partial charge in [-0.1, -0.05) is 12.2 Å². The van der Waals surface area contributed by atoms with E-state index in [0.717, 1.165) is 6.08 Å². The van der Waals surface area contributed by atoms with Gasteiger partial charge < -0.3 is 0 Å². The number of hydrogen-bond donors (Lipinski definition) is 0. The minimum Gasteiger partial charge on any atom is -0.169 e. The second-order valence-electron chi connectivity index (χ2n) is 3.69. The molecule has 1 aliphatic heterocycles. The van der Waals surface area contributed by atoms with Crippen LogP contribution in [-0.4, -0.2) is 16.9 Å². The Hall–Kier alpha value is -0.760. The molecule has 1 aromatic carbocycles. The third-order valence-corrected chi connectivity index (χ3v) is 4.27. The molecule has 0 saturated carbocycles. The molecule has 0 spiro atoms. The van der Waals surface area contributed by atoms with Crippen LogP contribution in [0, 0.1) is 0 Å². The monoisotopic (exact) mass is 316 g/mol. The number of halogens is 6. The normalized spacial score (nSPS) is 19.4. The smallest absolute Gasteiger partial charge is 0.169 e. The molecule has 19 heavy (non-hydrogen) atoms. The van der Waals surface area contributed by atoms with Crippen LogP contribution in [-0.2, 0) is 0 Å². The zero-order valence-electron chi connectivity index (χ0n) is 9.05. The van der Waals surface area contributed by atoms with Crippen LogP contribution in [0.1, 0.15) is 5.56 Å². The Bertz CT molecular complexity index is 503. The largest absolute Gasteiger partial charge is 0.446 e. The molecule has 1 atom stereocenters. The Morgan fingerprint density at radius 3 is 2.32 bits per heavy atom. The van der Waals surface area contributed by atoms with Crippen LogP contribution in [0.3, 0.4) is 0 Å². The van der Waals surface area contributed by atoms with E-state index in [-0.39, 0.29) is 16.7 Å². The van der Waals surface area contributed by atoms with Crippen LogP contribution in [0.25, 0.3) is 6.08 Å². The van der Waals surface area contributed by atoms with Crippen LogP contribution >= 0.6 is 23.5 Å². The summed E-state index contributed by atoms with van der Waals surface area (Å²) in [5, 5.41) is -1.65. The van der Waals surface area contributed by atoms with E-state index in [9.17, 15) is 26.3 Å². The molecule has 1 heterocycles. The maximum absolute atomic E-state index is 12.5. The van der Waals surface area contributed by atoms with Gasteiger partial charge in [-0.2, -0.15) is 26.3 Å². The first-order valence-electron chi connectivity index (χ1n) is 4.96. The number of rotatable bonds is 1. The zero-order valence-corrected chi connectivity index (χ0v) is 10.7. The second-order valence-corrected chi connectivity index (χ2v) is 6.01. The van der Waals surface area contributed by atoms with Gasteiger partial charge in [-0.05, 0) is 35.5 Å². The molecule has 0 amide bonds. The van der Waals surface area contributed by atoms with Gasteiger partial charge >= 0.3 is 11.7 Å². The van der Waals surface area contributed by atoms with Crippen LogP contribution in [0.4, 0.5) is 26.3 Å². The van der Waals surface area contributed by atoms with E-state index in [1.54, 1.807) is 0 Å². The first-order valence-corrected chi connectivity index (χ1v) is 6.66. The lowest BCUT2D eigenvalue weighted by Crippen LogP contribution is -2.24. The lowest BCUT2D eigenvalue weighted by atomic mass is 10.2. The summed E-state index contributed by atoms with van der Waals surface area (Å²) in [6.07, 6.45) is -2.20. The van der Waals surface area contributed by atoms with Crippen molar-refractivity contribution in [1.29, 1.82) is 0 Å². The summed E-state index contributed by atoms with van der Waals surface area (Å²) in [5.41, 5.74) is -4.03. The molecule has 1 aromatic rings. The van der Waals surface area contributed by atoms with Gasteiger partial charge in [0.25, 0.3) is 0 Å². The average molecular weight is 316 g/mol. The third-order valence-electron chi connectivity index (χ3n) is 2.24. The second kappa shape index (κ2) is 4.97. The predicted octanol–water partition coefficient (Wildman–Crippen LogP) is 5.35. The molecule has 1 aliphatic rings. The maximum Gasteiger partial charge on any atom is 0.446 e. The molecule has 2 rings (SSSR count). The summed E-state index contributed by atoms with van der Waals surface area (Å²) >= 11 is 0.303. The van der Waals surface area contributed by atoms with E-state index >= 15 is 0 Å². The van der Waals surface area contributed by atoms with Gasteiger partial charge in [-0.3, -0.25) is 0 Å². The Morgan fingerprint density at radius 2 is 1.74 bits per heavy atom. The van der Waals surface area contributed by atoms with E-state index in [2.05, 4.69) is 0 Å². The van der Waals surface area contributed by atoms with Gasteiger partial charge in [-0.25, -0.2) is 0 Å². The zero-order chi connectivity index (χ0) is 14.3. The lowest BCUT2D eigenvalue weighted by molar-refractivity contribution is -0.119. The summed E-state index contributed by atoms with van der Waals surface area (Å²) in [6, 6.07) is 3.70. The van der Waals surface area contributed by atoms with Gasteiger partial charge in [0, 0.05) is 9.79 Å². The summed E-state index contributed by atoms with van der Waals surface area (Å²) in [7, 11) is 0. The molecule has 0 N–H and O–H groups in total. The van der Waals surface area contributed by atoms with E-state index in [4.69, 9.17) is 0 Å². The fraction of sp³-hybridized carbons (Fsp3) is 0.273. The van der Waals surface area contributed by atoms with Gasteiger partial charge in [0.2, 0.25) is 0 Å². The van der Waals surface area contributed by atoms with Crippen LogP contribution in [0.2, 0.25) is 0 Å². The number of alkyl halides is 6. The van der Waals surface area contributed by atoms with Crippen molar-refractivity contribution < 1.29 is 26.3 Å². The van der Waals surface area contributed by atoms with Crippen LogP contribution in [0.15, 0.2) is 34.1 Å². The maximum atomic E-state index is 12.5. The molecule has 0 aliphatic carbocycles. The fourth-order valence-corrected chi connectivity index (χ4v) is 3.07. The van der Waals surface area contributed by atoms with Crippen molar-refractivity contribution in [2.24, 2.45) is 0 Å². The van der Waals surface area contributed by atoms with Crippen molar-refractivity contribution in [1.82, 2.24) is 0 Å². The van der Waals surface area contributed by atoms with Crippen molar-refractivity contribution in [2.45, 2.75) is 26.7 Å². The minimum atomic E-state index is -4.41. The van der Waals surface area contributed by atoms with Gasteiger partial charge in [-0.15, -0.1) is 11.8 Å². The topological polar surface area (TPSA) is 0 Å². The minimum absolute atomic E-state index is 0.0399. The number of benzene rings is 1. The van der Waals surface area contributed by atoms with E-state index in [1.807, 2.05) is 0 Å². The highest BCUT2D eigenvalue weighted by molar-refractivity contribution is 8.00. The van der Waals surface area contributed by atoms with E-state index in [0.29, 0.717) is 22.2 Å². The standard InChI is InChI=1S/C11H6F6S2/c12-10(13,14)9-4-1-6-5-7(19-11(15,16)17)2-3-8(6)18-9/h1-5,9H. The van der Waals surface area contributed by atoms with E-state index in [1.165, 1.54) is 24.3 Å². The molecule has 0 radical (unpaired) electrons. The van der Waals surface area contributed by atoms with Crippen molar-refractivity contribution in [3.8, 4) is 0 Å². The Morgan fingerprint density at radius 1 is 1.05 bits per heavy atom. The van der Waals surface area contributed by atoms with E-state index < -0.39 is 16.9 Å². The molecule has 8 heteroatoms. The van der Waals surface area contributed by atoms with Crippen molar-refractivity contribution in [3.63, 3.8) is 0 Å². The Labute approximate surface area is 113 Å². The SMILES string of the molecule is FC(F)(F)Sc1ccc2c(c1)C=CC(C(F)(F)F)S2. The van der Waals surface area contributed by atoms with Crippen molar-refractivity contribution in [3.05, 3.63) is 29.8 Å². The molecule has 1 unspecified atom stereocenters. The first kappa shape index (κ1) is 14.6. The van der Waals surface area contributed by atoms with Crippen LogP contribution in [0.5, 0.6) is 0 Å². The highest BCUT2D eigenvalue weighted by Crippen LogP contribution is 2.44. The highest BCUT2D eigenvalue weighted by atomic mass is 32.2. The highest BCUT2D eigenvalue weighted by Gasteiger charge is 2.40. The molecular weight excluding hydrogens is 310 g/mol. The summed E-state index contributed by atoms with van der Waals surface area (Å²) in [6.45, 7) is 0. The predicted molar refractivity (Wildman–Crippen MR) is 63.1 cm³/mol. The molecule has 0 saturated heterocycles. The molecule has 0 aromatic heterocycles. The molecule has 0 nitrogen and oxygen atoms in total. The van der Waals surface area contributed by atoms with Crippen LogP contribution < -0.4 is 0 Å². The lowest BCUT2D eigenvalue weighted by Gasteiger charge is -2.21.